The van der Waals surface area contributed by atoms with Gasteiger partial charge in [-0.25, -0.2) is 0 Å². The number of phenols is 4. The van der Waals surface area contributed by atoms with E-state index in [0.29, 0.717) is 5.56 Å². The van der Waals surface area contributed by atoms with Crippen molar-refractivity contribution in [2.75, 3.05) is 6.61 Å². The van der Waals surface area contributed by atoms with Gasteiger partial charge in [0.1, 0.15) is 47.1 Å². The number of aliphatic hydroxyl groups is 3. The first-order valence-corrected chi connectivity index (χ1v) is 13.5. The molecule has 9 nitrogen and oxygen atoms in total. The van der Waals surface area contributed by atoms with Crippen LogP contribution >= 0.6 is 0 Å². The van der Waals surface area contributed by atoms with E-state index in [0.717, 1.165) is 22.3 Å². The van der Waals surface area contributed by atoms with Crippen LogP contribution in [0.4, 0.5) is 0 Å². The van der Waals surface area contributed by atoms with Gasteiger partial charge in [0, 0.05) is 6.07 Å². The molecule has 0 aromatic heterocycles. The first-order chi connectivity index (χ1) is 20.5. The normalized spacial score (nSPS) is 20.1. The summed E-state index contributed by atoms with van der Waals surface area (Å²) in [7, 11) is 0. The maximum Gasteiger partial charge on any atom is 0.228 e. The van der Waals surface area contributed by atoms with Crippen molar-refractivity contribution in [3.63, 3.8) is 0 Å². The fourth-order valence-corrected chi connectivity index (χ4v) is 4.23. The van der Waals surface area contributed by atoms with Crippen molar-refractivity contribution < 1.29 is 45.2 Å². The number of hydrogen-bond acceptors (Lipinski definition) is 9. The largest absolute Gasteiger partial charge is 0.508 e. The monoisotopic (exact) mass is 586 g/mol. The second-order valence-electron chi connectivity index (χ2n) is 10.1. The average Bonchev–Trinajstić information content (AvgIpc) is 2.97. The van der Waals surface area contributed by atoms with Crippen LogP contribution < -0.4 is 4.74 Å². The van der Waals surface area contributed by atoms with Crippen LogP contribution in [0.3, 0.4) is 0 Å². The van der Waals surface area contributed by atoms with Gasteiger partial charge < -0.3 is 45.2 Å². The molecule has 4 aromatic carbocycles. The number of aliphatic hydroxyl groups excluding tert-OH is 3. The quantitative estimate of drug-likeness (QED) is 0.159. The number of ether oxygens (including phenoxy) is 2. The van der Waals surface area contributed by atoms with E-state index < -0.39 is 24.6 Å². The lowest BCUT2D eigenvalue weighted by Crippen LogP contribution is -2.54. The molecule has 0 aliphatic carbocycles. The van der Waals surface area contributed by atoms with Gasteiger partial charge in [-0.3, -0.25) is 0 Å². The highest BCUT2D eigenvalue weighted by Gasteiger charge is 2.39. The molecular weight excluding hydrogens is 552 g/mol. The third-order valence-electron chi connectivity index (χ3n) is 6.43. The van der Waals surface area contributed by atoms with E-state index in [9.17, 15) is 30.6 Å². The Bertz CT molecular complexity index is 1530. The summed E-state index contributed by atoms with van der Waals surface area (Å²) in [6, 6.07) is 23.5. The molecule has 1 fully saturated rings. The predicted molar refractivity (Wildman–Crippen MR) is 163 cm³/mol. The molecule has 1 aliphatic heterocycles. The minimum atomic E-state index is -1.42. The van der Waals surface area contributed by atoms with Crippen LogP contribution in [-0.2, 0) is 4.74 Å². The lowest BCUT2D eigenvalue weighted by molar-refractivity contribution is -0.242. The van der Waals surface area contributed by atoms with Crippen LogP contribution in [0.15, 0.2) is 84.9 Å². The molecule has 0 amide bonds. The first kappa shape index (κ1) is 31.1. The van der Waals surface area contributed by atoms with Gasteiger partial charge in [-0.05, 0) is 83.3 Å². The molecule has 7 N–H and O–H groups in total. The lowest BCUT2D eigenvalue weighted by Gasteiger charge is -2.34. The summed E-state index contributed by atoms with van der Waals surface area (Å²) in [6.07, 6.45) is 2.27. The molecule has 0 bridgehead atoms. The molecule has 43 heavy (non-hydrogen) atoms. The third kappa shape index (κ3) is 9.35. The maximum absolute atomic E-state index is 9.93. The molecule has 0 spiro atoms. The molecule has 9 heteroatoms. The number of benzene rings is 4. The topological polar surface area (TPSA) is 160 Å². The smallest absolute Gasteiger partial charge is 0.228 e. The lowest BCUT2D eigenvalue weighted by atomic mass is 10.1. The van der Waals surface area contributed by atoms with Crippen molar-refractivity contribution in [1.82, 2.24) is 0 Å². The number of hydrogen-bond donors (Lipinski definition) is 7. The molecule has 1 aliphatic rings. The van der Waals surface area contributed by atoms with Gasteiger partial charge in [0.05, 0.1) is 6.61 Å². The highest BCUT2D eigenvalue weighted by Crippen LogP contribution is 2.27. The predicted octanol–water partition coefficient (Wildman–Crippen LogP) is 4.66. The van der Waals surface area contributed by atoms with Crippen LogP contribution in [-0.4, -0.2) is 67.0 Å². The van der Waals surface area contributed by atoms with Crippen LogP contribution in [0.2, 0.25) is 0 Å². The van der Waals surface area contributed by atoms with Crippen molar-refractivity contribution in [1.29, 1.82) is 0 Å². The van der Waals surface area contributed by atoms with E-state index in [1.54, 1.807) is 66.7 Å². The van der Waals surface area contributed by atoms with Gasteiger partial charge in [-0.2, -0.15) is 0 Å². The molecule has 0 saturated carbocycles. The molecular formula is C34H34O9. The fraction of sp³-hybridized carbons (Fsp3) is 0.176. The van der Waals surface area contributed by atoms with Crippen molar-refractivity contribution in [3.05, 3.63) is 113 Å². The molecule has 224 valence electrons. The summed E-state index contributed by atoms with van der Waals surface area (Å²) in [4.78, 5) is 0. The molecule has 1 unspecified atom stereocenters. The molecule has 4 aromatic rings. The summed E-state index contributed by atoms with van der Waals surface area (Å²) >= 11 is 0. The molecule has 5 rings (SSSR count). The fourth-order valence-electron chi connectivity index (χ4n) is 4.23. The van der Waals surface area contributed by atoms with Crippen LogP contribution in [0.5, 0.6) is 28.7 Å². The number of phenolic OH excluding ortho intramolecular Hbond substituents is 4. The summed E-state index contributed by atoms with van der Waals surface area (Å²) in [5.41, 5.74) is 4.48. The van der Waals surface area contributed by atoms with E-state index in [4.69, 9.17) is 14.6 Å². The zero-order valence-corrected chi connectivity index (χ0v) is 23.4. The van der Waals surface area contributed by atoms with Gasteiger partial charge >= 0.3 is 0 Å². The van der Waals surface area contributed by atoms with Gasteiger partial charge in [0.2, 0.25) is 6.29 Å². The number of aromatic hydroxyl groups is 4. The Morgan fingerprint density at radius 2 is 1.07 bits per heavy atom. The Morgan fingerprint density at radius 3 is 1.60 bits per heavy atom. The van der Waals surface area contributed by atoms with E-state index in [1.807, 2.05) is 37.3 Å². The maximum atomic E-state index is 9.93. The SMILES string of the molecule is Cc1cc(O)cc(/C=C\c2ccc(O)cc2)c1.Oc1ccc(/C=C\c2cc(O)cc(OC3OC[C@@H](O)[C@H](O)[C@H]3O)c2)cc1. The van der Waals surface area contributed by atoms with Crippen molar-refractivity contribution in [2.45, 2.75) is 31.5 Å². The summed E-state index contributed by atoms with van der Waals surface area (Å²) < 4.78 is 10.7. The van der Waals surface area contributed by atoms with E-state index in [2.05, 4.69) is 0 Å². The Kier molecular flexibility index (Phi) is 10.4. The molecule has 1 heterocycles. The Labute approximate surface area is 249 Å². The highest BCUT2D eigenvalue weighted by molar-refractivity contribution is 5.72. The van der Waals surface area contributed by atoms with Crippen molar-refractivity contribution in [2.24, 2.45) is 0 Å². The standard InChI is InChI=1S/C19H20O7.C15H14O2/c20-13-5-3-11(4-6-13)1-2-12-7-14(21)9-15(8-12)26-19-18(24)17(23)16(22)10-25-19;1-11-8-13(10-15(17)9-11)3-2-12-4-6-14(16)7-5-12/h1-9,16-24H,10H2;2-10,16-17H,1H3/b2-1-;3-2-/t16-,17+,18-,19?;/m1./s1. The van der Waals surface area contributed by atoms with Crippen LogP contribution in [0.1, 0.15) is 27.8 Å². The van der Waals surface area contributed by atoms with Crippen molar-refractivity contribution in [3.8, 4) is 28.7 Å². The zero-order valence-electron chi connectivity index (χ0n) is 23.4. The average molecular weight is 587 g/mol. The van der Waals surface area contributed by atoms with E-state index in [1.165, 1.54) is 12.1 Å². The number of rotatable bonds is 6. The minimum Gasteiger partial charge on any atom is -0.508 e. The van der Waals surface area contributed by atoms with Crippen molar-refractivity contribution >= 4 is 24.3 Å². The second kappa shape index (κ2) is 14.4. The van der Waals surface area contributed by atoms with Gasteiger partial charge in [-0.1, -0.05) is 54.6 Å². The van der Waals surface area contributed by atoms with Crippen LogP contribution in [0, 0.1) is 6.92 Å². The first-order valence-electron chi connectivity index (χ1n) is 13.5. The molecule has 0 radical (unpaired) electrons. The minimum absolute atomic E-state index is 0.0428. The highest BCUT2D eigenvalue weighted by atomic mass is 16.7. The van der Waals surface area contributed by atoms with Gasteiger partial charge in [-0.15, -0.1) is 0 Å². The summed E-state index contributed by atoms with van der Waals surface area (Å²) in [5.74, 6) is 0.904. The van der Waals surface area contributed by atoms with Crippen LogP contribution in [0.25, 0.3) is 24.3 Å². The Morgan fingerprint density at radius 1 is 0.581 bits per heavy atom. The van der Waals surface area contributed by atoms with Gasteiger partial charge in [0.15, 0.2) is 0 Å². The second-order valence-corrected chi connectivity index (χ2v) is 10.1. The Balaban J connectivity index is 0.000000215. The van der Waals surface area contributed by atoms with E-state index in [-0.39, 0.29) is 35.4 Å². The molecule has 4 atom stereocenters. The Hall–Kier alpha value is -4.80. The number of aryl methyl sites for hydroxylation is 1. The van der Waals surface area contributed by atoms with E-state index >= 15 is 0 Å². The van der Waals surface area contributed by atoms with Gasteiger partial charge in [0.25, 0.3) is 0 Å². The third-order valence-corrected chi connectivity index (χ3v) is 6.43. The zero-order chi connectivity index (χ0) is 30.9. The summed E-state index contributed by atoms with van der Waals surface area (Å²) in [5, 5.41) is 66.9. The molecule has 1 saturated heterocycles. The summed E-state index contributed by atoms with van der Waals surface area (Å²) in [6.45, 7) is 1.77.